The average Bonchev–Trinajstić information content (AvgIpc) is 3.55. The highest BCUT2D eigenvalue weighted by atomic mass is 16.5. The van der Waals surface area contributed by atoms with Gasteiger partial charge < -0.3 is 9.64 Å². The maximum absolute atomic E-state index is 14.0. The molecule has 4 aromatic carbocycles. The molecule has 2 saturated heterocycles. The van der Waals surface area contributed by atoms with Crippen molar-refractivity contribution in [2.45, 2.75) is 25.2 Å². The molecular weight excluding hydrogens is 540 g/mol. The lowest BCUT2D eigenvalue weighted by Crippen LogP contribution is -2.41. The molecule has 3 atom stereocenters. The van der Waals surface area contributed by atoms with Crippen LogP contribution in [0.3, 0.4) is 0 Å². The predicted molar refractivity (Wildman–Crippen MR) is 160 cm³/mol. The van der Waals surface area contributed by atoms with Gasteiger partial charge in [-0.3, -0.25) is 19.2 Å². The lowest BCUT2D eigenvalue weighted by molar-refractivity contribution is -0.139. The zero-order chi connectivity index (χ0) is 29.4. The van der Waals surface area contributed by atoms with Crippen molar-refractivity contribution in [2.75, 3.05) is 16.3 Å². The molecule has 7 heteroatoms. The third-order valence-electron chi connectivity index (χ3n) is 9.57. The first kappa shape index (κ1) is 25.7. The van der Waals surface area contributed by atoms with Crippen molar-refractivity contribution < 1.29 is 23.9 Å². The Kier molecular flexibility index (Phi) is 5.66. The molecule has 2 fully saturated rings. The molecule has 0 radical (unpaired) electrons. The lowest BCUT2D eigenvalue weighted by atomic mass is 9.55. The number of carbonyl (C=O) groups is 4. The van der Waals surface area contributed by atoms with Gasteiger partial charge in [0.25, 0.3) is 0 Å². The second-order valence-corrected chi connectivity index (χ2v) is 11.9. The fraction of sp³-hybridized carbons (Fsp3) is 0.222. The Labute approximate surface area is 248 Å². The summed E-state index contributed by atoms with van der Waals surface area (Å²) in [6.45, 7) is 2.23. The van der Waals surface area contributed by atoms with Gasteiger partial charge in [-0.2, -0.15) is 0 Å². The summed E-state index contributed by atoms with van der Waals surface area (Å²) in [5.74, 6) is -2.54. The van der Waals surface area contributed by atoms with Gasteiger partial charge in [-0.25, -0.2) is 4.90 Å². The van der Waals surface area contributed by atoms with Gasteiger partial charge in [0.05, 0.1) is 23.4 Å². The Morgan fingerprint density at radius 1 is 0.674 bits per heavy atom. The van der Waals surface area contributed by atoms with Crippen molar-refractivity contribution in [2.24, 2.45) is 17.8 Å². The molecule has 0 spiro atoms. The second kappa shape index (κ2) is 9.49. The van der Waals surface area contributed by atoms with E-state index in [1.807, 2.05) is 55.5 Å². The molecule has 0 saturated carbocycles. The average molecular weight is 569 g/mol. The third-order valence-corrected chi connectivity index (χ3v) is 9.57. The van der Waals surface area contributed by atoms with E-state index in [4.69, 9.17) is 4.74 Å². The molecule has 0 unspecified atom stereocenters. The first-order valence-electron chi connectivity index (χ1n) is 14.6. The number of nitrogens with zero attached hydrogens (tertiary/aromatic N) is 2. The van der Waals surface area contributed by atoms with E-state index in [1.165, 1.54) is 4.90 Å². The standard InChI is InChI=1S/C36H28N2O5/c1-20-10-12-22(13-11-20)37-19-21(18-29(37)39)36(42)43-24-16-14-23(15-17-24)38-34(40)32-30-25-6-2-3-7-26(25)31(33(32)35(38)41)28-9-5-4-8-27(28)30/h2-17,21,30-33H,18-19H2,1H3/t21-,30?,31?,32-,33+/m1/s1. The summed E-state index contributed by atoms with van der Waals surface area (Å²) in [5.41, 5.74) is 6.82. The minimum absolute atomic E-state index is 0.0808. The summed E-state index contributed by atoms with van der Waals surface area (Å²) in [5, 5.41) is 0. The quantitative estimate of drug-likeness (QED) is 0.188. The number of ether oxygens (including phenoxy) is 1. The number of amides is 3. The molecule has 4 aromatic rings. The highest BCUT2D eigenvalue weighted by Crippen LogP contribution is 2.61. The Balaban J connectivity index is 1.02. The van der Waals surface area contributed by atoms with E-state index in [9.17, 15) is 19.2 Å². The van der Waals surface area contributed by atoms with Gasteiger partial charge in [0.15, 0.2) is 0 Å². The minimum Gasteiger partial charge on any atom is -0.426 e. The lowest BCUT2D eigenvalue weighted by Gasteiger charge is -2.45. The molecule has 2 heterocycles. The summed E-state index contributed by atoms with van der Waals surface area (Å²) in [7, 11) is 0. The monoisotopic (exact) mass is 568 g/mol. The van der Waals surface area contributed by atoms with Crippen LogP contribution in [0.4, 0.5) is 11.4 Å². The van der Waals surface area contributed by atoms with Gasteiger partial charge in [0.2, 0.25) is 17.7 Å². The summed E-state index contributed by atoms with van der Waals surface area (Å²) < 4.78 is 5.64. The molecule has 5 aliphatic rings. The number of hydrogen-bond acceptors (Lipinski definition) is 5. The van der Waals surface area contributed by atoms with Crippen molar-refractivity contribution >= 4 is 35.1 Å². The van der Waals surface area contributed by atoms with Crippen molar-refractivity contribution in [1.82, 2.24) is 0 Å². The van der Waals surface area contributed by atoms with E-state index in [0.717, 1.165) is 33.5 Å². The molecule has 7 nitrogen and oxygen atoms in total. The van der Waals surface area contributed by atoms with Crippen LogP contribution >= 0.6 is 0 Å². The van der Waals surface area contributed by atoms with E-state index in [-0.39, 0.29) is 42.5 Å². The molecule has 9 rings (SSSR count). The zero-order valence-corrected chi connectivity index (χ0v) is 23.5. The van der Waals surface area contributed by atoms with Crippen LogP contribution in [0.25, 0.3) is 0 Å². The molecule has 3 amide bonds. The Morgan fingerprint density at radius 2 is 1.16 bits per heavy atom. The molecule has 2 aliphatic heterocycles. The van der Waals surface area contributed by atoms with Gasteiger partial charge >= 0.3 is 5.97 Å². The Morgan fingerprint density at radius 3 is 1.67 bits per heavy atom. The van der Waals surface area contributed by atoms with Crippen LogP contribution in [0, 0.1) is 24.7 Å². The molecule has 0 N–H and O–H groups in total. The van der Waals surface area contributed by atoms with Gasteiger partial charge in [0, 0.05) is 30.5 Å². The van der Waals surface area contributed by atoms with Crippen LogP contribution in [0.1, 0.15) is 46.1 Å². The van der Waals surface area contributed by atoms with Crippen LogP contribution in [0.15, 0.2) is 97.1 Å². The smallest absolute Gasteiger partial charge is 0.316 e. The first-order chi connectivity index (χ1) is 20.9. The number of imide groups is 1. The Bertz CT molecular complexity index is 1710. The van der Waals surface area contributed by atoms with Crippen molar-refractivity contribution in [3.05, 3.63) is 125 Å². The topological polar surface area (TPSA) is 84.0 Å². The van der Waals surface area contributed by atoms with Crippen molar-refractivity contribution in [3.63, 3.8) is 0 Å². The normalized spacial score (nSPS) is 25.0. The number of rotatable bonds is 4. The fourth-order valence-corrected chi connectivity index (χ4v) is 7.63. The number of benzene rings is 4. The van der Waals surface area contributed by atoms with Gasteiger partial charge in [-0.05, 0) is 65.6 Å². The highest BCUT2D eigenvalue weighted by molar-refractivity contribution is 6.23. The molecular formula is C36H28N2O5. The van der Waals surface area contributed by atoms with Gasteiger partial charge in [0.1, 0.15) is 5.75 Å². The van der Waals surface area contributed by atoms with Crippen molar-refractivity contribution in [3.8, 4) is 5.75 Å². The van der Waals surface area contributed by atoms with Gasteiger partial charge in [-0.1, -0.05) is 66.2 Å². The van der Waals surface area contributed by atoms with Crippen LogP contribution in [-0.4, -0.2) is 30.2 Å². The summed E-state index contributed by atoms with van der Waals surface area (Å²) >= 11 is 0. The number of hydrogen-bond donors (Lipinski definition) is 0. The largest absolute Gasteiger partial charge is 0.426 e. The number of esters is 1. The maximum atomic E-state index is 14.0. The van der Waals surface area contributed by atoms with Crippen LogP contribution in [-0.2, 0) is 19.2 Å². The number of aryl methyl sites for hydroxylation is 1. The molecule has 212 valence electrons. The predicted octanol–water partition coefficient (Wildman–Crippen LogP) is 5.35. The summed E-state index contributed by atoms with van der Waals surface area (Å²) in [6, 6.07) is 30.4. The Hall–Kier alpha value is -5.04. The van der Waals surface area contributed by atoms with E-state index < -0.39 is 23.7 Å². The molecule has 3 aliphatic carbocycles. The van der Waals surface area contributed by atoms with Crippen molar-refractivity contribution in [1.29, 1.82) is 0 Å². The van der Waals surface area contributed by atoms with E-state index in [1.54, 1.807) is 29.2 Å². The second-order valence-electron chi connectivity index (χ2n) is 11.9. The summed E-state index contributed by atoms with van der Waals surface area (Å²) in [4.78, 5) is 56.5. The van der Waals surface area contributed by atoms with E-state index >= 15 is 0 Å². The molecule has 43 heavy (non-hydrogen) atoms. The van der Waals surface area contributed by atoms with E-state index in [0.29, 0.717) is 11.4 Å². The van der Waals surface area contributed by atoms with Crippen LogP contribution < -0.4 is 14.5 Å². The number of anilines is 2. The zero-order valence-electron chi connectivity index (χ0n) is 23.5. The third kappa shape index (κ3) is 3.80. The van der Waals surface area contributed by atoms with E-state index in [2.05, 4.69) is 24.3 Å². The molecule has 2 bridgehead atoms. The maximum Gasteiger partial charge on any atom is 0.316 e. The minimum atomic E-state index is -0.586. The van der Waals surface area contributed by atoms with Gasteiger partial charge in [-0.15, -0.1) is 0 Å². The molecule has 0 aromatic heterocycles. The fourth-order valence-electron chi connectivity index (χ4n) is 7.63. The van der Waals surface area contributed by atoms with Crippen LogP contribution in [0.5, 0.6) is 5.75 Å². The SMILES string of the molecule is Cc1ccc(N2C[C@H](C(=O)Oc3ccc(N4C(=O)[C@@H]5C6c7ccccc7C(c7ccccc76)[C@@H]5C4=O)cc3)CC2=O)cc1. The van der Waals surface area contributed by atoms with Crippen LogP contribution in [0.2, 0.25) is 0 Å². The number of carbonyl (C=O) groups excluding carboxylic acids is 4. The highest BCUT2D eigenvalue weighted by Gasteiger charge is 2.61. The summed E-state index contributed by atoms with van der Waals surface area (Å²) in [6.07, 6.45) is 0.0808. The first-order valence-corrected chi connectivity index (χ1v) is 14.6.